The van der Waals surface area contributed by atoms with E-state index >= 15 is 0 Å². The van der Waals surface area contributed by atoms with Gasteiger partial charge in [-0.25, -0.2) is 4.39 Å². The molecule has 0 fully saturated rings. The summed E-state index contributed by atoms with van der Waals surface area (Å²) in [4.78, 5) is 13.5. The predicted molar refractivity (Wildman–Crippen MR) is 118 cm³/mol. The molecule has 152 valence electrons. The van der Waals surface area contributed by atoms with Crippen molar-refractivity contribution in [3.05, 3.63) is 106 Å². The van der Waals surface area contributed by atoms with Crippen molar-refractivity contribution in [2.24, 2.45) is 5.92 Å². The number of para-hydroxylation sites is 1. The lowest BCUT2D eigenvalue weighted by Gasteiger charge is -2.21. The summed E-state index contributed by atoms with van der Waals surface area (Å²) in [5.41, 5.74) is 5.20. The molecule has 0 bridgehead atoms. The molecule has 3 aromatic rings. The number of allylic oxidation sites excluding steroid dienone is 2. The molecule has 2 atom stereocenters. The van der Waals surface area contributed by atoms with E-state index in [1.165, 1.54) is 0 Å². The molecule has 30 heavy (non-hydrogen) atoms. The van der Waals surface area contributed by atoms with E-state index in [1.54, 1.807) is 26.2 Å². The SMILES string of the molecule is COc1ccccc1C1CC(c2ccc(C)c(F)c2)=CC1C(=O)c1cccc(C)c1. The monoisotopic (exact) mass is 400 g/mol. The van der Waals surface area contributed by atoms with Crippen LogP contribution in [-0.2, 0) is 0 Å². The van der Waals surface area contributed by atoms with Crippen LogP contribution < -0.4 is 4.74 Å². The van der Waals surface area contributed by atoms with Crippen LogP contribution in [0.4, 0.5) is 4.39 Å². The maximum Gasteiger partial charge on any atom is 0.170 e. The van der Waals surface area contributed by atoms with Gasteiger partial charge in [0.2, 0.25) is 0 Å². The first-order chi connectivity index (χ1) is 14.5. The maximum absolute atomic E-state index is 14.2. The molecule has 0 amide bonds. The topological polar surface area (TPSA) is 26.3 Å². The van der Waals surface area contributed by atoms with Crippen molar-refractivity contribution in [2.75, 3.05) is 7.11 Å². The minimum Gasteiger partial charge on any atom is -0.496 e. The number of aryl methyl sites for hydroxylation is 2. The van der Waals surface area contributed by atoms with E-state index in [0.29, 0.717) is 17.5 Å². The van der Waals surface area contributed by atoms with Crippen molar-refractivity contribution in [2.45, 2.75) is 26.2 Å². The second-order valence-electron chi connectivity index (χ2n) is 7.97. The predicted octanol–water partition coefficient (Wildman–Crippen LogP) is 6.52. The van der Waals surface area contributed by atoms with Crippen LogP contribution in [0, 0.1) is 25.6 Å². The van der Waals surface area contributed by atoms with Crippen LogP contribution in [0.2, 0.25) is 0 Å². The van der Waals surface area contributed by atoms with Crippen LogP contribution >= 0.6 is 0 Å². The fourth-order valence-electron chi connectivity index (χ4n) is 4.30. The Kier molecular flexibility index (Phi) is 5.54. The molecule has 3 aromatic carbocycles. The van der Waals surface area contributed by atoms with E-state index < -0.39 is 0 Å². The Morgan fingerprint density at radius 2 is 1.80 bits per heavy atom. The number of rotatable bonds is 5. The number of carbonyl (C=O) groups excluding carboxylic acids is 1. The average molecular weight is 400 g/mol. The molecular formula is C27H25FO2. The zero-order valence-electron chi connectivity index (χ0n) is 17.5. The standard InChI is InChI=1S/C27H25FO2/c1-17-7-6-8-20(13-17)27(29)24-15-21(19-12-11-18(2)25(28)16-19)14-23(24)22-9-4-5-10-26(22)30-3/h4-13,15-16,23-24H,14H2,1-3H3. The van der Waals surface area contributed by atoms with E-state index in [1.807, 2.05) is 67.6 Å². The molecule has 0 saturated carbocycles. The number of benzene rings is 3. The first kappa shape index (κ1) is 20.1. The molecule has 0 N–H and O–H groups in total. The minimum absolute atomic E-state index is 0.0615. The Hall–Kier alpha value is -3.20. The van der Waals surface area contributed by atoms with Gasteiger partial charge in [0.05, 0.1) is 7.11 Å². The van der Waals surface area contributed by atoms with E-state index in [9.17, 15) is 9.18 Å². The number of halogens is 1. The van der Waals surface area contributed by atoms with Crippen LogP contribution in [0.3, 0.4) is 0 Å². The van der Waals surface area contributed by atoms with E-state index in [0.717, 1.165) is 28.0 Å². The Morgan fingerprint density at radius 1 is 1.00 bits per heavy atom. The maximum atomic E-state index is 14.2. The number of ether oxygens (including phenoxy) is 1. The molecule has 2 unspecified atom stereocenters. The summed E-state index contributed by atoms with van der Waals surface area (Å²) in [5.74, 6) is 0.234. The highest BCUT2D eigenvalue weighted by Crippen LogP contribution is 2.46. The van der Waals surface area contributed by atoms with Gasteiger partial charge in [0.1, 0.15) is 11.6 Å². The lowest BCUT2D eigenvalue weighted by Crippen LogP contribution is -2.18. The van der Waals surface area contributed by atoms with Gasteiger partial charge in [-0.2, -0.15) is 0 Å². The molecule has 0 saturated heterocycles. The van der Waals surface area contributed by atoms with Crippen molar-refractivity contribution in [3.8, 4) is 5.75 Å². The summed E-state index contributed by atoms with van der Waals surface area (Å²) in [7, 11) is 1.65. The fourth-order valence-corrected chi connectivity index (χ4v) is 4.30. The van der Waals surface area contributed by atoms with Crippen molar-refractivity contribution < 1.29 is 13.9 Å². The Morgan fingerprint density at radius 3 is 2.53 bits per heavy atom. The van der Waals surface area contributed by atoms with Crippen molar-refractivity contribution in [3.63, 3.8) is 0 Å². The molecule has 0 aliphatic heterocycles. The molecule has 0 heterocycles. The van der Waals surface area contributed by atoms with Gasteiger partial charge in [0.25, 0.3) is 0 Å². The van der Waals surface area contributed by atoms with Gasteiger partial charge >= 0.3 is 0 Å². The summed E-state index contributed by atoms with van der Waals surface area (Å²) in [5, 5.41) is 0. The highest BCUT2D eigenvalue weighted by Gasteiger charge is 2.36. The van der Waals surface area contributed by atoms with Gasteiger partial charge in [0, 0.05) is 17.4 Å². The molecule has 1 aliphatic rings. The molecule has 0 spiro atoms. The highest BCUT2D eigenvalue weighted by atomic mass is 19.1. The zero-order chi connectivity index (χ0) is 21.3. The van der Waals surface area contributed by atoms with Crippen molar-refractivity contribution in [1.82, 2.24) is 0 Å². The first-order valence-electron chi connectivity index (χ1n) is 10.2. The zero-order valence-corrected chi connectivity index (χ0v) is 17.5. The van der Waals surface area contributed by atoms with Crippen molar-refractivity contribution in [1.29, 1.82) is 0 Å². The highest BCUT2D eigenvalue weighted by molar-refractivity contribution is 6.01. The fraction of sp³-hybridized carbons (Fsp3) is 0.222. The van der Waals surface area contributed by atoms with Crippen LogP contribution in [0.25, 0.3) is 5.57 Å². The third kappa shape index (κ3) is 3.80. The number of carbonyl (C=O) groups is 1. The number of methoxy groups -OCH3 is 1. The van der Waals surface area contributed by atoms with Crippen molar-refractivity contribution >= 4 is 11.4 Å². The summed E-state index contributed by atoms with van der Waals surface area (Å²) >= 11 is 0. The third-order valence-corrected chi connectivity index (χ3v) is 5.94. The molecule has 1 aliphatic carbocycles. The smallest absolute Gasteiger partial charge is 0.170 e. The number of ketones is 1. The first-order valence-corrected chi connectivity index (χ1v) is 10.2. The summed E-state index contributed by atoms with van der Waals surface area (Å²) in [6.45, 7) is 3.74. The molecule has 0 aromatic heterocycles. The van der Waals surface area contributed by atoms with E-state index in [2.05, 4.69) is 0 Å². The molecule has 2 nitrogen and oxygen atoms in total. The molecule has 4 rings (SSSR count). The van der Waals surface area contributed by atoms with Crippen LogP contribution in [0.1, 0.15) is 45.0 Å². The van der Waals surface area contributed by atoms with Gasteiger partial charge in [0.15, 0.2) is 5.78 Å². The normalized spacial score (nSPS) is 18.2. The van der Waals surface area contributed by atoms with E-state index in [-0.39, 0.29) is 23.4 Å². The summed E-state index contributed by atoms with van der Waals surface area (Å²) in [6.07, 6.45) is 2.68. The second kappa shape index (κ2) is 8.27. The lowest BCUT2D eigenvalue weighted by atomic mass is 9.82. The Bertz CT molecular complexity index is 1130. The minimum atomic E-state index is -0.331. The van der Waals surface area contributed by atoms with Crippen LogP contribution in [0.5, 0.6) is 5.75 Å². The van der Waals surface area contributed by atoms with E-state index in [4.69, 9.17) is 4.74 Å². The number of Topliss-reactive ketones (excluding diaryl/α,β-unsaturated/α-hetero) is 1. The molecule has 0 radical (unpaired) electrons. The van der Waals surface area contributed by atoms with Gasteiger partial charge < -0.3 is 4.74 Å². The lowest BCUT2D eigenvalue weighted by molar-refractivity contribution is 0.0934. The molecule has 3 heteroatoms. The van der Waals surface area contributed by atoms with Crippen LogP contribution in [0.15, 0.2) is 72.8 Å². The third-order valence-electron chi connectivity index (χ3n) is 5.94. The largest absolute Gasteiger partial charge is 0.496 e. The van der Waals surface area contributed by atoms with Crippen LogP contribution in [-0.4, -0.2) is 12.9 Å². The van der Waals surface area contributed by atoms with Gasteiger partial charge in [-0.1, -0.05) is 60.2 Å². The quantitative estimate of drug-likeness (QED) is 0.456. The van der Waals surface area contributed by atoms with Gasteiger partial charge in [-0.15, -0.1) is 0 Å². The Balaban J connectivity index is 1.78. The second-order valence-corrected chi connectivity index (χ2v) is 7.97. The summed E-state index contributed by atoms with van der Waals surface area (Å²) < 4.78 is 19.8. The summed E-state index contributed by atoms with van der Waals surface area (Å²) in [6, 6.07) is 20.8. The molecular weight excluding hydrogens is 375 g/mol. The average Bonchev–Trinajstić information content (AvgIpc) is 3.20. The van der Waals surface area contributed by atoms with Gasteiger partial charge in [-0.3, -0.25) is 4.79 Å². The number of hydrogen-bond acceptors (Lipinski definition) is 2. The number of hydrogen-bond donors (Lipinski definition) is 0. The van der Waals surface area contributed by atoms with Gasteiger partial charge in [-0.05, 0) is 60.7 Å². The Labute approximate surface area is 177 Å².